The lowest BCUT2D eigenvalue weighted by Gasteiger charge is -1.98. The van der Waals surface area contributed by atoms with Gasteiger partial charge in [0.15, 0.2) is 5.76 Å². The fourth-order valence-corrected chi connectivity index (χ4v) is 3.12. The molecule has 1 aromatic heterocycles. The van der Waals surface area contributed by atoms with Gasteiger partial charge in [0.2, 0.25) is 0 Å². The molecule has 0 aliphatic heterocycles. The number of nitrogens with zero attached hydrogens (tertiary/aromatic N) is 1. The summed E-state index contributed by atoms with van der Waals surface area (Å²) >= 11 is 3.23. The van der Waals surface area contributed by atoms with Crippen molar-refractivity contribution in [3.63, 3.8) is 0 Å². The van der Waals surface area contributed by atoms with Crippen LogP contribution in [0.3, 0.4) is 0 Å². The maximum absolute atomic E-state index is 12.3. The third-order valence-corrected chi connectivity index (χ3v) is 4.64. The Balaban J connectivity index is 1.57. The predicted molar refractivity (Wildman–Crippen MR) is 105 cm³/mol. The van der Waals surface area contributed by atoms with Gasteiger partial charge in [-0.05, 0) is 62.6 Å². The van der Waals surface area contributed by atoms with Crippen LogP contribution in [0.5, 0.6) is 5.75 Å². The molecule has 0 fully saturated rings. The number of carbonyl (C=O) groups is 1. The number of benzene rings is 3. The average molecular weight is 409 g/mol. The van der Waals surface area contributed by atoms with Crippen molar-refractivity contribution >= 4 is 49.8 Å². The Labute approximate surface area is 157 Å². The van der Waals surface area contributed by atoms with Crippen molar-refractivity contribution in [3.05, 3.63) is 76.5 Å². The maximum atomic E-state index is 12.3. The van der Waals surface area contributed by atoms with Crippen molar-refractivity contribution in [2.75, 3.05) is 0 Å². The highest BCUT2D eigenvalue weighted by molar-refractivity contribution is 9.10. The number of amides is 1. The number of hydrogen-bond acceptors (Lipinski definition) is 4. The zero-order valence-electron chi connectivity index (χ0n) is 13.4. The van der Waals surface area contributed by atoms with Crippen LogP contribution >= 0.6 is 15.9 Å². The van der Waals surface area contributed by atoms with Gasteiger partial charge >= 0.3 is 5.91 Å². The molecule has 26 heavy (non-hydrogen) atoms. The minimum Gasteiger partial charge on any atom is -0.507 e. The standard InChI is InChI=1S/C20H13BrN2O3/c21-16-9-12(5-7-17(16)24)11-22-23-20(25)19-10-15-14-4-2-1-3-13(14)6-8-18(15)26-19/h1-11,24H,(H,23,25)/b22-11-. The molecule has 4 aromatic rings. The first kappa shape index (κ1) is 16.4. The van der Waals surface area contributed by atoms with Crippen molar-refractivity contribution in [1.82, 2.24) is 5.43 Å². The number of phenolic OH excluding ortho intramolecular Hbond substituents is 1. The SMILES string of the molecule is O=C(N/N=C\c1ccc(O)c(Br)c1)c1cc2c(ccc3ccccc32)o1. The van der Waals surface area contributed by atoms with E-state index in [-0.39, 0.29) is 11.5 Å². The number of nitrogens with one attached hydrogen (secondary N) is 1. The van der Waals surface area contributed by atoms with Crippen molar-refractivity contribution in [2.45, 2.75) is 0 Å². The van der Waals surface area contributed by atoms with E-state index in [4.69, 9.17) is 4.42 Å². The van der Waals surface area contributed by atoms with Gasteiger partial charge in [-0.2, -0.15) is 5.10 Å². The summed E-state index contributed by atoms with van der Waals surface area (Å²) in [5.41, 5.74) is 3.83. The minimum atomic E-state index is -0.431. The fourth-order valence-electron chi connectivity index (χ4n) is 2.73. The Bertz CT molecular complexity index is 1160. The summed E-state index contributed by atoms with van der Waals surface area (Å²) in [5.74, 6) is -0.0968. The molecule has 0 unspecified atom stereocenters. The number of hydrogen-bond donors (Lipinski definition) is 2. The first-order chi connectivity index (χ1) is 12.6. The van der Waals surface area contributed by atoms with E-state index in [1.807, 2.05) is 36.4 Å². The Morgan fingerprint density at radius 2 is 1.92 bits per heavy atom. The summed E-state index contributed by atoms with van der Waals surface area (Å²) in [6.45, 7) is 0. The van der Waals surface area contributed by atoms with E-state index in [1.165, 1.54) is 12.3 Å². The lowest BCUT2D eigenvalue weighted by Crippen LogP contribution is -2.16. The van der Waals surface area contributed by atoms with Crippen molar-refractivity contribution in [2.24, 2.45) is 5.10 Å². The lowest BCUT2D eigenvalue weighted by atomic mass is 10.1. The molecular weight excluding hydrogens is 396 g/mol. The fraction of sp³-hybridized carbons (Fsp3) is 0. The summed E-state index contributed by atoms with van der Waals surface area (Å²) < 4.78 is 6.20. The number of furan rings is 1. The highest BCUT2D eigenvalue weighted by Crippen LogP contribution is 2.28. The number of carbonyl (C=O) groups excluding carboxylic acids is 1. The van der Waals surface area contributed by atoms with E-state index in [2.05, 4.69) is 26.5 Å². The third kappa shape index (κ3) is 3.07. The number of halogens is 1. The molecule has 0 spiro atoms. The van der Waals surface area contributed by atoms with Gasteiger partial charge in [0.25, 0.3) is 0 Å². The molecule has 2 N–H and O–H groups in total. The van der Waals surface area contributed by atoms with Crippen LogP contribution in [0.15, 0.2) is 74.7 Å². The highest BCUT2D eigenvalue weighted by atomic mass is 79.9. The van der Waals surface area contributed by atoms with Crippen LogP contribution in [0.2, 0.25) is 0 Å². The topological polar surface area (TPSA) is 74.8 Å². The van der Waals surface area contributed by atoms with Gasteiger partial charge < -0.3 is 9.52 Å². The quantitative estimate of drug-likeness (QED) is 0.377. The van der Waals surface area contributed by atoms with Crippen LogP contribution in [0.25, 0.3) is 21.7 Å². The average Bonchev–Trinajstić information content (AvgIpc) is 3.09. The first-order valence-electron chi connectivity index (χ1n) is 7.85. The highest BCUT2D eigenvalue weighted by Gasteiger charge is 2.13. The number of fused-ring (bicyclic) bond motifs is 3. The van der Waals surface area contributed by atoms with E-state index in [0.717, 1.165) is 21.7 Å². The molecule has 6 heteroatoms. The normalized spacial score (nSPS) is 11.4. The van der Waals surface area contributed by atoms with E-state index in [9.17, 15) is 9.90 Å². The number of phenols is 1. The second-order valence-electron chi connectivity index (χ2n) is 5.72. The molecule has 0 saturated carbocycles. The summed E-state index contributed by atoms with van der Waals surface area (Å²) in [5, 5.41) is 16.4. The van der Waals surface area contributed by atoms with Crippen LogP contribution in [0.4, 0.5) is 0 Å². The number of hydrazone groups is 1. The molecule has 1 amide bonds. The summed E-state index contributed by atoms with van der Waals surface area (Å²) in [6, 6.07) is 18.4. The van der Waals surface area contributed by atoms with E-state index in [1.54, 1.807) is 18.2 Å². The second-order valence-corrected chi connectivity index (χ2v) is 6.57. The Morgan fingerprint density at radius 3 is 2.77 bits per heavy atom. The van der Waals surface area contributed by atoms with Crippen LogP contribution in [0.1, 0.15) is 16.1 Å². The molecule has 0 radical (unpaired) electrons. The Hall–Kier alpha value is -3.12. The second kappa shape index (κ2) is 6.65. The zero-order valence-corrected chi connectivity index (χ0v) is 15.0. The molecule has 0 saturated heterocycles. The summed E-state index contributed by atoms with van der Waals surface area (Å²) in [7, 11) is 0. The van der Waals surface area contributed by atoms with Crippen molar-refractivity contribution in [1.29, 1.82) is 0 Å². The molecule has 0 aliphatic carbocycles. The molecule has 4 rings (SSSR count). The molecule has 0 bridgehead atoms. The minimum absolute atomic E-state index is 0.140. The van der Waals surface area contributed by atoms with Crippen molar-refractivity contribution in [3.8, 4) is 5.75 Å². The van der Waals surface area contributed by atoms with Gasteiger partial charge in [-0.3, -0.25) is 4.79 Å². The van der Waals surface area contributed by atoms with Gasteiger partial charge in [0.05, 0.1) is 10.7 Å². The third-order valence-electron chi connectivity index (χ3n) is 4.00. The van der Waals surface area contributed by atoms with Crippen LogP contribution in [-0.4, -0.2) is 17.2 Å². The van der Waals surface area contributed by atoms with Gasteiger partial charge in [-0.1, -0.05) is 30.3 Å². The molecular formula is C20H13BrN2O3. The predicted octanol–water partition coefficient (Wildman–Crippen LogP) is 4.82. The van der Waals surface area contributed by atoms with E-state index >= 15 is 0 Å². The van der Waals surface area contributed by atoms with E-state index in [0.29, 0.717) is 10.1 Å². The summed E-state index contributed by atoms with van der Waals surface area (Å²) in [4.78, 5) is 12.3. The number of aromatic hydroxyl groups is 1. The monoisotopic (exact) mass is 408 g/mol. The molecule has 5 nitrogen and oxygen atoms in total. The van der Waals surface area contributed by atoms with Gasteiger partial charge in [0, 0.05) is 5.39 Å². The molecule has 0 atom stereocenters. The Kier molecular flexibility index (Phi) is 4.18. The molecule has 1 heterocycles. The molecule has 3 aromatic carbocycles. The van der Waals surface area contributed by atoms with Gasteiger partial charge in [-0.15, -0.1) is 0 Å². The van der Waals surface area contributed by atoms with Gasteiger partial charge in [-0.25, -0.2) is 5.43 Å². The first-order valence-corrected chi connectivity index (χ1v) is 8.64. The van der Waals surface area contributed by atoms with Gasteiger partial charge in [0.1, 0.15) is 11.3 Å². The summed E-state index contributed by atoms with van der Waals surface area (Å²) in [6.07, 6.45) is 1.49. The van der Waals surface area contributed by atoms with Crippen molar-refractivity contribution < 1.29 is 14.3 Å². The Morgan fingerprint density at radius 1 is 1.08 bits per heavy atom. The van der Waals surface area contributed by atoms with E-state index < -0.39 is 5.91 Å². The lowest BCUT2D eigenvalue weighted by molar-refractivity contribution is 0.0929. The van der Waals surface area contributed by atoms with Crippen LogP contribution in [0, 0.1) is 0 Å². The number of rotatable bonds is 3. The molecule has 0 aliphatic rings. The van der Waals surface area contributed by atoms with Crippen LogP contribution < -0.4 is 5.43 Å². The maximum Gasteiger partial charge on any atom is 0.307 e. The largest absolute Gasteiger partial charge is 0.507 e. The van der Waals surface area contributed by atoms with Crippen LogP contribution in [-0.2, 0) is 0 Å². The molecule has 128 valence electrons. The smallest absolute Gasteiger partial charge is 0.307 e. The zero-order chi connectivity index (χ0) is 18.1.